The molecular weight excluding hydrogens is 172 g/mol. The second-order valence-corrected chi connectivity index (χ2v) is 3.64. The standard InChI is InChI=1S/C13H18O/c1-3-4-8-11(2)13(14)12-9-6-5-7-10-12/h3-7,9-11,13-14H,8H2,1-2H3/b4-3+. The van der Waals surface area contributed by atoms with Crippen molar-refractivity contribution in [1.29, 1.82) is 0 Å². The topological polar surface area (TPSA) is 20.2 Å². The molecule has 0 aliphatic heterocycles. The number of benzene rings is 1. The first-order valence-electron chi connectivity index (χ1n) is 5.10. The highest BCUT2D eigenvalue weighted by atomic mass is 16.3. The molecule has 0 saturated carbocycles. The van der Waals surface area contributed by atoms with Crippen molar-refractivity contribution in [3.8, 4) is 0 Å². The zero-order valence-corrected chi connectivity index (χ0v) is 8.85. The third-order valence-electron chi connectivity index (χ3n) is 2.42. The van der Waals surface area contributed by atoms with E-state index in [1.165, 1.54) is 0 Å². The Hall–Kier alpha value is -1.08. The lowest BCUT2D eigenvalue weighted by Crippen LogP contribution is -2.08. The van der Waals surface area contributed by atoms with Gasteiger partial charge in [-0.15, -0.1) is 0 Å². The van der Waals surface area contributed by atoms with Crippen LogP contribution in [0.2, 0.25) is 0 Å². The van der Waals surface area contributed by atoms with E-state index in [-0.39, 0.29) is 12.0 Å². The lowest BCUT2D eigenvalue weighted by Gasteiger charge is -2.17. The summed E-state index contributed by atoms with van der Waals surface area (Å²) in [6, 6.07) is 9.82. The molecule has 1 heteroatoms. The largest absolute Gasteiger partial charge is 0.388 e. The van der Waals surface area contributed by atoms with Crippen LogP contribution in [0.25, 0.3) is 0 Å². The summed E-state index contributed by atoms with van der Waals surface area (Å²) in [7, 11) is 0. The molecule has 0 aliphatic rings. The van der Waals surface area contributed by atoms with Crippen molar-refractivity contribution in [2.24, 2.45) is 5.92 Å². The Kier molecular flexibility index (Phi) is 4.41. The predicted molar refractivity (Wildman–Crippen MR) is 60.0 cm³/mol. The van der Waals surface area contributed by atoms with Gasteiger partial charge in [-0.1, -0.05) is 49.4 Å². The van der Waals surface area contributed by atoms with Crippen LogP contribution in [0.3, 0.4) is 0 Å². The van der Waals surface area contributed by atoms with Gasteiger partial charge in [-0.3, -0.25) is 0 Å². The summed E-state index contributed by atoms with van der Waals surface area (Å²) in [6.45, 7) is 4.07. The van der Waals surface area contributed by atoms with Gasteiger partial charge in [-0.2, -0.15) is 0 Å². The van der Waals surface area contributed by atoms with E-state index in [9.17, 15) is 5.11 Å². The molecule has 2 atom stereocenters. The molecule has 0 fully saturated rings. The van der Waals surface area contributed by atoms with E-state index in [1.807, 2.05) is 43.3 Å². The molecule has 1 aromatic rings. The van der Waals surface area contributed by atoms with Gasteiger partial charge in [0.2, 0.25) is 0 Å². The predicted octanol–water partition coefficient (Wildman–Crippen LogP) is 3.32. The molecule has 76 valence electrons. The molecule has 0 heterocycles. The summed E-state index contributed by atoms with van der Waals surface area (Å²) in [4.78, 5) is 0. The molecule has 0 aromatic heterocycles. The maximum Gasteiger partial charge on any atom is 0.0818 e. The maximum atomic E-state index is 9.98. The van der Waals surface area contributed by atoms with Gasteiger partial charge in [0.1, 0.15) is 0 Å². The lowest BCUT2D eigenvalue weighted by molar-refractivity contribution is 0.119. The molecule has 0 amide bonds. The van der Waals surface area contributed by atoms with Crippen molar-refractivity contribution in [3.63, 3.8) is 0 Å². The van der Waals surface area contributed by atoms with Gasteiger partial charge in [0, 0.05) is 0 Å². The Morgan fingerprint density at radius 1 is 1.29 bits per heavy atom. The fraction of sp³-hybridized carbons (Fsp3) is 0.385. The van der Waals surface area contributed by atoms with Gasteiger partial charge < -0.3 is 5.11 Å². The van der Waals surface area contributed by atoms with Crippen molar-refractivity contribution in [2.75, 3.05) is 0 Å². The fourth-order valence-corrected chi connectivity index (χ4v) is 1.46. The molecule has 2 unspecified atom stereocenters. The van der Waals surface area contributed by atoms with Crippen LogP contribution in [-0.2, 0) is 0 Å². The summed E-state index contributed by atoms with van der Waals surface area (Å²) in [5.41, 5.74) is 1.00. The highest BCUT2D eigenvalue weighted by molar-refractivity contribution is 5.17. The van der Waals surface area contributed by atoms with Gasteiger partial charge >= 0.3 is 0 Å². The number of hydrogen-bond donors (Lipinski definition) is 1. The van der Waals surface area contributed by atoms with Crippen molar-refractivity contribution in [2.45, 2.75) is 26.4 Å². The average Bonchev–Trinajstić information content (AvgIpc) is 2.26. The molecule has 1 nitrogen and oxygen atoms in total. The van der Waals surface area contributed by atoms with Crippen molar-refractivity contribution in [3.05, 3.63) is 48.0 Å². The van der Waals surface area contributed by atoms with E-state index >= 15 is 0 Å². The quantitative estimate of drug-likeness (QED) is 0.722. The summed E-state index contributed by atoms with van der Waals surface area (Å²) in [5, 5.41) is 9.98. The van der Waals surface area contributed by atoms with Gasteiger partial charge in [0.15, 0.2) is 0 Å². The Morgan fingerprint density at radius 3 is 2.50 bits per heavy atom. The molecule has 0 radical (unpaired) electrons. The highest BCUT2D eigenvalue weighted by Gasteiger charge is 2.14. The van der Waals surface area contributed by atoms with Gasteiger partial charge in [-0.25, -0.2) is 0 Å². The van der Waals surface area contributed by atoms with E-state index in [2.05, 4.69) is 13.0 Å². The molecule has 0 saturated heterocycles. The first-order chi connectivity index (χ1) is 6.75. The smallest absolute Gasteiger partial charge is 0.0818 e. The number of hydrogen-bond acceptors (Lipinski definition) is 1. The molecule has 1 rings (SSSR count). The average molecular weight is 190 g/mol. The Balaban J connectivity index is 2.61. The zero-order valence-electron chi connectivity index (χ0n) is 8.85. The molecule has 0 bridgehead atoms. The van der Waals surface area contributed by atoms with Crippen LogP contribution in [0.5, 0.6) is 0 Å². The monoisotopic (exact) mass is 190 g/mol. The second-order valence-electron chi connectivity index (χ2n) is 3.64. The van der Waals surface area contributed by atoms with Crippen molar-refractivity contribution in [1.82, 2.24) is 0 Å². The van der Waals surface area contributed by atoms with E-state index in [4.69, 9.17) is 0 Å². The van der Waals surface area contributed by atoms with E-state index in [0.717, 1.165) is 12.0 Å². The van der Waals surface area contributed by atoms with E-state index in [0.29, 0.717) is 0 Å². The minimum absolute atomic E-state index is 0.272. The molecule has 14 heavy (non-hydrogen) atoms. The SMILES string of the molecule is C/C=C/CC(C)C(O)c1ccccc1. The second kappa shape index (κ2) is 5.61. The molecule has 0 aliphatic carbocycles. The first-order valence-corrected chi connectivity index (χ1v) is 5.10. The van der Waals surface area contributed by atoms with Gasteiger partial charge in [0.25, 0.3) is 0 Å². The fourth-order valence-electron chi connectivity index (χ4n) is 1.46. The third kappa shape index (κ3) is 3.00. The lowest BCUT2D eigenvalue weighted by atomic mass is 9.94. The van der Waals surface area contributed by atoms with Crippen LogP contribution in [0.4, 0.5) is 0 Å². The molecule has 1 aromatic carbocycles. The normalized spacial score (nSPS) is 15.6. The highest BCUT2D eigenvalue weighted by Crippen LogP contribution is 2.24. The molecule has 1 N–H and O–H groups in total. The van der Waals surface area contributed by atoms with Crippen LogP contribution >= 0.6 is 0 Å². The van der Waals surface area contributed by atoms with Crippen LogP contribution < -0.4 is 0 Å². The Labute approximate surface area is 86.1 Å². The van der Waals surface area contributed by atoms with Crippen LogP contribution in [-0.4, -0.2) is 5.11 Å². The van der Waals surface area contributed by atoms with E-state index in [1.54, 1.807) is 0 Å². The maximum absolute atomic E-state index is 9.98. The zero-order chi connectivity index (χ0) is 10.4. The first kappa shape index (κ1) is 11.0. The van der Waals surface area contributed by atoms with Crippen molar-refractivity contribution >= 4 is 0 Å². The summed E-state index contributed by atoms with van der Waals surface area (Å²) >= 11 is 0. The third-order valence-corrected chi connectivity index (χ3v) is 2.42. The summed E-state index contributed by atoms with van der Waals surface area (Å²) < 4.78 is 0. The molecular formula is C13H18O. The summed E-state index contributed by atoms with van der Waals surface area (Å²) in [6.07, 6.45) is 4.69. The van der Waals surface area contributed by atoms with Crippen LogP contribution in [0, 0.1) is 5.92 Å². The van der Waals surface area contributed by atoms with Crippen molar-refractivity contribution < 1.29 is 5.11 Å². The minimum atomic E-state index is -0.354. The minimum Gasteiger partial charge on any atom is -0.388 e. The van der Waals surface area contributed by atoms with Gasteiger partial charge in [0.05, 0.1) is 6.10 Å². The Morgan fingerprint density at radius 2 is 1.93 bits per heavy atom. The van der Waals surface area contributed by atoms with E-state index < -0.39 is 0 Å². The summed E-state index contributed by atoms with van der Waals surface area (Å²) in [5.74, 6) is 0.272. The number of aliphatic hydroxyl groups excluding tert-OH is 1. The number of rotatable bonds is 4. The van der Waals surface area contributed by atoms with Crippen LogP contribution in [0.15, 0.2) is 42.5 Å². The van der Waals surface area contributed by atoms with Crippen LogP contribution in [0.1, 0.15) is 31.9 Å². The molecule has 0 spiro atoms. The Bertz CT molecular complexity index is 277. The number of allylic oxidation sites excluding steroid dienone is 2. The number of aliphatic hydroxyl groups is 1. The van der Waals surface area contributed by atoms with Gasteiger partial charge in [-0.05, 0) is 24.8 Å².